The summed E-state index contributed by atoms with van der Waals surface area (Å²) in [6.07, 6.45) is 1.22. The van der Waals surface area contributed by atoms with Crippen LogP contribution in [0.5, 0.6) is 0 Å². The number of amides is 1. The molecule has 0 saturated heterocycles. The molecule has 0 saturated carbocycles. The maximum Gasteiger partial charge on any atom is 0.250 e. The normalized spacial score (nSPS) is 10.8. The van der Waals surface area contributed by atoms with Crippen molar-refractivity contribution in [2.45, 2.75) is 26.7 Å². The lowest BCUT2D eigenvalue weighted by Crippen LogP contribution is -2.15. The predicted molar refractivity (Wildman–Crippen MR) is 73.0 cm³/mol. The van der Waals surface area contributed by atoms with Gasteiger partial charge in [0.15, 0.2) is 11.6 Å². The van der Waals surface area contributed by atoms with E-state index in [0.717, 1.165) is 6.07 Å². The van der Waals surface area contributed by atoms with Gasteiger partial charge in [-0.3, -0.25) is 4.79 Å². The highest BCUT2D eigenvalue weighted by atomic mass is 19.1. The third-order valence-corrected chi connectivity index (χ3v) is 2.96. The fourth-order valence-corrected chi connectivity index (χ4v) is 1.92. The molecule has 0 fully saturated rings. The van der Waals surface area contributed by atoms with Gasteiger partial charge in [0.25, 0.3) is 5.91 Å². The van der Waals surface area contributed by atoms with Gasteiger partial charge in [-0.2, -0.15) is 5.10 Å². The fraction of sp³-hybridized carbons (Fsp3) is 0.308. The SMILES string of the molecule is CCc1nc(CC)n(-c2cc(C(N)=O)c(N)cc2F)n1. The minimum atomic E-state index is -0.711. The summed E-state index contributed by atoms with van der Waals surface area (Å²) in [6.45, 7) is 3.80. The van der Waals surface area contributed by atoms with E-state index in [1.165, 1.54) is 10.7 Å². The maximum absolute atomic E-state index is 14.1. The Morgan fingerprint density at radius 1 is 1.35 bits per heavy atom. The molecule has 2 rings (SSSR count). The molecule has 0 atom stereocenters. The zero-order valence-corrected chi connectivity index (χ0v) is 11.4. The van der Waals surface area contributed by atoms with E-state index >= 15 is 0 Å². The van der Waals surface area contributed by atoms with Crippen LogP contribution in [-0.4, -0.2) is 20.7 Å². The Hall–Kier alpha value is -2.44. The molecular formula is C13H16FN5O. The zero-order valence-electron chi connectivity index (χ0n) is 11.4. The second-order valence-electron chi connectivity index (χ2n) is 4.32. The molecule has 0 aliphatic heterocycles. The van der Waals surface area contributed by atoms with Crippen LogP contribution in [0.15, 0.2) is 12.1 Å². The third-order valence-electron chi connectivity index (χ3n) is 2.96. The first-order valence-electron chi connectivity index (χ1n) is 6.31. The molecule has 0 radical (unpaired) electrons. The van der Waals surface area contributed by atoms with Crippen LogP contribution < -0.4 is 11.5 Å². The van der Waals surface area contributed by atoms with E-state index in [1.807, 2.05) is 13.8 Å². The van der Waals surface area contributed by atoms with Crippen LogP contribution in [0.1, 0.15) is 35.9 Å². The Kier molecular flexibility index (Phi) is 3.69. The lowest BCUT2D eigenvalue weighted by Gasteiger charge is -2.09. The van der Waals surface area contributed by atoms with Gasteiger partial charge in [-0.15, -0.1) is 0 Å². The first kappa shape index (κ1) is 14.0. The Balaban J connectivity index is 2.65. The number of aromatic nitrogens is 3. The van der Waals surface area contributed by atoms with Crippen molar-refractivity contribution in [3.05, 3.63) is 35.2 Å². The summed E-state index contributed by atoms with van der Waals surface area (Å²) in [6, 6.07) is 2.38. The van der Waals surface area contributed by atoms with Gasteiger partial charge in [-0.05, 0) is 12.1 Å². The molecule has 1 amide bonds. The number of nitrogens with two attached hydrogens (primary N) is 2. The average molecular weight is 277 g/mol. The second-order valence-corrected chi connectivity index (χ2v) is 4.32. The Labute approximate surface area is 115 Å². The van der Waals surface area contributed by atoms with Gasteiger partial charge in [-0.25, -0.2) is 14.1 Å². The molecule has 0 bridgehead atoms. The van der Waals surface area contributed by atoms with Crippen LogP contribution in [0.3, 0.4) is 0 Å². The zero-order chi connectivity index (χ0) is 14.9. The number of aryl methyl sites for hydroxylation is 2. The minimum absolute atomic E-state index is 0.00706. The van der Waals surface area contributed by atoms with Crippen LogP contribution in [-0.2, 0) is 12.8 Å². The molecule has 106 valence electrons. The molecule has 20 heavy (non-hydrogen) atoms. The number of primary amides is 1. The fourth-order valence-electron chi connectivity index (χ4n) is 1.92. The van der Waals surface area contributed by atoms with Crippen LogP contribution in [0.25, 0.3) is 5.69 Å². The lowest BCUT2D eigenvalue weighted by atomic mass is 10.1. The van der Waals surface area contributed by atoms with Crippen molar-refractivity contribution < 1.29 is 9.18 Å². The first-order chi connectivity index (χ1) is 9.47. The topological polar surface area (TPSA) is 99.8 Å². The number of nitrogens with zero attached hydrogens (tertiary/aromatic N) is 3. The highest BCUT2D eigenvalue weighted by Crippen LogP contribution is 2.22. The van der Waals surface area contributed by atoms with Crippen LogP contribution in [0, 0.1) is 5.82 Å². The van der Waals surface area contributed by atoms with Gasteiger partial charge in [0.05, 0.1) is 5.56 Å². The smallest absolute Gasteiger partial charge is 0.250 e. The molecule has 0 aliphatic carbocycles. The minimum Gasteiger partial charge on any atom is -0.398 e. The number of hydrogen-bond donors (Lipinski definition) is 2. The summed E-state index contributed by atoms with van der Waals surface area (Å²) in [7, 11) is 0. The van der Waals surface area contributed by atoms with E-state index in [-0.39, 0.29) is 16.9 Å². The van der Waals surface area contributed by atoms with Crippen molar-refractivity contribution in [1.82, 2.24) is 14.8 Å². The summed E-state index contributed by atoms with van der Waals surface area (Å²) in [5, 5.41) is 4.23. The number of hydrogen-bond acceptors (Lipinski definition) is 4. The predicted octanol–water partition coefficient (Wildman–Crippen LogP) is 1.21. The van der Waals surface area contributed by atoms with Gasteiger partial charge in [0, 0.05) is 18.5 Å². The van der Waals surface area contributed by atoms with Gasteiger partial charge in [-0.1, -0.05) is 13.8 Å². The first-order valence-corrected chi connectivity index (χ1v) is 6.31. The molecule has 0 aliphatic rings. The highest BCUT2D eigenvalue weighted by Gasteiger charge is 2.17. The highest BCUT2D eigenvalue weighted by molar-refractivity contribution is 5.98. The number of carbonyl (C=O) groups is 1. The maximum atomic E-state index is 14.1. The van der Waals surface area contributed by atoms with Crippen molar-refractivity contribution in [3.63, 3.8) is 0 Å². The molecule has 1 aromatic carbocycles. The van der Waals surface area contributed by atoms with Crippen LogP contribution in [0.2, 0.25) is 0 Å². The number of benzene rings is 1. The quantitative estimate of drug-likeness (QED) is 0.820. The largest absolute Gasteiger partial charge is 0.398 e. The Bertz CT molecular complexity index is 665. The molecule has 2 aromatic rings. The van der Waals surface area contributed by atoms with Gasteiger partial charge in [0.1, 0.15) is 11.5 Å². The van der Waals surface area contributed by atoms with E-state index in [0.29, 0.717) is 24.5 Å². The molecule has 0 unspecified atom stereocenters. The van der Waals surface area contributed by atoms with E-state index in [9.17, 15) is 9.18 Å². The summed E-state index contributed by atoms with van der Waals surface area (Å²) in [5.41, 5.74) is 11.0. The van der Waals surface area contributed by atoms with Gasteiger partial charge < -0.3 is 11.5 Å². The average Bonchev–Trinajstić information content (AvgIpc) is 2.81. The van der Waals surface area contributed by atoms with E-state index in [1.54, 1.807) is 0 Å². The van der Waals surface area contributed by atoms with Gasteiger partial charge in [0.2, 0.25) is 0 Å². The number of halogens is 1. The number of carbonyl (C=O) groups excluding carboxylic acids is 1. The second kappa shape index (κ2) is 5.28. The van der Waals surface area contributed by atoms with Crippen molar-refractivity contribution in [1.29, 1.82) is 0 Å². The summed E-state index contributed by atoms with van der Waals surface area (Å²) in [4.78, 5) is 15.6. The number of anilines is 1. The lowest BCUT2D eigenvalue weighted by molar-refractivity contribution is 0.100. The standard InChI is InChI=1S/C13H16FN5O/c1-3-11-17-12(4-2)19(18-11)10-5-7(13(16)20)9(15)6-8(10)14/h5-6H,3-4,15H2,1-2H3,(H2,16,20). The van der Waals surface area contributed by atoms with Crippen LogP contribution in [0.4, 0.5) is 10.1 Å². The van der Waals surface area contributed by atoms with Crippen molar-refractivity contribution in [2.24, 2.45) is 5.73 Å². The van der Waals surface area contributed by atoms with E-state index in [2.05, 4.69) is 10.1 Å². The Morgan fingerprint density at radius 2 is 2.05 bits per heavy atom. The Morgan fingerprint density at radius 3 is 2.60 bits per heavy atom. The van der Waals surface area contributed by atoms with E-state index < -0.39 is 11.7 Å². The van der Waals surface area contributed by atoms with Crippen molar-refractivity contribution in [2.75, 3.05) is 5.73 Å². The molecule has 6 nitrogen and oxygen atoms in total. The molecular weight excluding hydrogens is 261 g/mol. The molecule has 4 N–H and O–H groups in total. The molecule has 1 aromatic heterocycles. The van der Waals surface area contributed by atoms with Crippen molar-refractivity contribution in [3.8, 4) is 5.69 Å². The summed E-state index contributed by atoms with van der Waals surface area (Å²) < 4.78 is 15.5. The number of rotatable bonds is 4. The van der Waals surface area contributed by atoms with Gasteiger partial charge >= 0.3 is 0 Å². The third kappa shape index (κ3) is 2.34. The summed E-state index contributed by atoms with van der Waals surface area (Å²) in [5.74, 6) is -0.0629. The van der Waals surface area contributed by atoms with Crippen molar-refractivity contribution >= 4 is 11.6 Å². The van der Waals surface area contributed by atoms with Crippen LogP contribution >= 0.6 is 0 Å². The molecule has 1 heterocycles. The summed E-state index contributed by atoms with van der Waals surface area (Å²) >= 11 is 0. The molecule has 0 spiro atoms. The van der Waals surface area contributed by atoms with E-state index in [4.69, 9.17) is 11.5 Å². The monoisotopic (exact) mass is 277 g/mol. The molecule has 7 heteroatoms. The number of nitrogen functional groups attached to an aromatic ring is 1.